The van der Waals surface area contributed by atoms with Crippen LogP contribution in [0.5, 0.6) is 11.5 Å². The number of nitrogens with zero attached hydrogens (tertiary/aromatic N) is 2. The van der Waals surface area contributed by atoms with Gasteiger partial charge in [0.15, 0.2) is 17.2 Å². The van der Waals surface area contributed by atoms with Gasteiger partial charge < -0.3 is 26.3 Å². The molecule has 0 saturated heterocycles. The van der Waals surface area contributed by atoms with Gasteiger partial charge in [-0.15, -0.1) is 0 Å². The van der Waals surface area contributed by atoms with Crippen LogP contribution in [0.4, 0.5) is 11.4 Å². The molecule has 0 spiro atoms. The minimum absolute atomic E-state index is 0.00230. The normalized spacial score (nSPS) is 11.7. The van der Waals surface area contributed by atoms with Crippen LogP contribution < -0.4 is 31.2 Å². The topological polar surface area (TPSA) is 150 Å². The van der Waals surface area contributed by atoms with E-state index in [4.69, 9.17) is 20.9 Å². The zero-order valence-electron chi connectivity index (χ0n) is 23.0. The zero-order valence-corrected chi connectivity index (χ0v) is 23.8. The lowest BCUT2D eigenvalue weighted by atomic mass is 10.00. The van der Waals surface area contributed by atoms with Crippen molar-refractivity contribution in [1.82, 2.24) is 9.69 Å². The first kappa shape index (κ1) is 29.4. The van der Waals surface area contributed by atoms with Crippen LogP contribution in [-0.2, 0) is 4.79 Å². The number of methoxy groups -OCH3 is 2. The number of aryl methyl sites for hydroxylation is 2. The average Bonchev–Trinajstić information content (AvgIpc) is 3.29. The van der Waals surface area contributed by atoms with E-state index in [0.29, 0.717) is 35.2 Å². The Balaban J connectivity index is 2.25. The molecule has 5 N–H and O–H groups in total. The van der Waals surface area contributed by atoms with Crippen LogP contribution in [0, 0.1) is 19.8 Å². The minimum atomic E-state index is -1.12. The molecule has 0 aliphatic rings. The molecule has 0 aliphatic heterocycles. The summed E-state index contributed by atoms with van der Waals surface area (Å²) >= 11 is 0.759. The molecule has 208 valence electrons. The smallest absolute Gasteiger partial charge is 0.273 e. The first-order valence-electron chi connectivity index (χ1n) is 12.5. The maximum atomic E-state index is 14.2. The van der Waals surface area contributed by atoms with E-state index in [1.54, 1.807) is 24.3 Å². The number of amides is 3. The summed E-state index contributed by atoms with van der Waals surface area (Å²) in [4.78, 5) is 41.3. The van der Waals surface area contributed by atoms with Gasteiger partial charge in [-0.05, 0) is 78.7 Å². The fourth-order valence-electron chi connectivity index (χ4n) is 4.02. The number of nitrogens with two attached hydrogens (primary N) is 2. The van der Waals surface area contributed by atoms with Crippen LogP contribution in [0.2, 0.25) is 0 Å². The zero-order chi connectivity index (χ0) is 28.9. The van der Waals surface area contributed by atoms with E-state index in [-0.39, 0.29) is 16.3 Å². The third kappa shape index (κ3) is 6.48. The highest BCUT2D eigenvalue weighted by Gasteiger charge is 2.36. The fraction of sp³-hybridized carbons (Fsp3) is 0.357. The Labute approximate surface area is 232 Å². The van der Waals surface area contributed by atoms with Crippen molar-refractivity contribution in [3.05, 3.63) is 63.7 Å². The van der Waals surface area contributed by atoms with E-state index in [2.05, 4.69) is 23.5 Å². The number of nitrogens with one attached hydrogen (secondary N) is 1. The van der Waals surface area contributed by atoms with Gasteiger partial charge in [0.2, 0.25) is 5.91 Å². The summed E-state index contributed by atoms with van der Waals surface area (Å²) in [7, 11) is 3.01. The molecule has 39 heavy (non-hydrogen) atoms. The molecule has 1 heterocycles. The van der Waals surface area contributed by atoms with Crippen molar-refractivity contribution in [3.8, 4) is 11.5 Å². The number of anilines is 2. The van der Waals surface area contributed by atoms with Crippen LogP contribution in [0.25, 0.3) is 0 Å². The molecule has 0 bridgehead atoms. The highest BCUT2D eigenvalue weighted by molar-refractivity contribution is 7.09. The Morgan fingerprint density at radius 1 is 1.03 bits per heavy atom. The Hall–Kier alpha value is -4.12. The lowest BCUT2D eigenvalue weighted by molar-refractivity contribution is -0.122. The monoisotopic (exact) mass is 553 g/mol. The number of rotatable bonds is 11. The summed E-state index contributed by atoms with van der Waals surface area (Å²) in [5.41, 5.74) is 14.1. The summed E-state index contributed by atoms with van der Waals surface area (Å²) in [5.74, 6) is -0.597. The fourth-order valence-corrected chi connectivity index (χ4v) is 4.76. The highest BCUT2D eigenvalue weighted by Crippen LogP contribution is 2.37. The molecule has 3 amide bonds. The van der Waals surface area contributed by atoms with Gasteiger partial charge in [-0.2, -0.15) is 4.37 Å². The molecule has 1 aromatic heterocycles. The lowest BCUT2D eigenvalue weighted by Crippen LogP contribution is -2.44. The summed E-state index contributed by atoms with van der Waals surface area (Å²) in [5, 5.41) is 2.98. The summed E-state index contributed by atoms with van der Waals surface area (Å²) in [6, 6.07) is 9.40. The van der Waals surface area contributed by atoms with Crippen LogP contribution in [-0.4, -0.2) is 42.9 Å². The van der Waals surface area contributed by atoms with E-state index in [1.165, 1.54) is 19.1 Å². The lowest BCUT2D eigenvalue weighted by Gasteiger charge is -2.32. The molecular formula is C28H35N5O5S. The molecule has 0 unspecified atom stereocenters. The second-order valence-corrected chi connectivity index (χ2v) is 10.3. The van der Waals surface area contributed by atoms with Gasteiger partial charge >= 0.3 is 0 Å². The molecule has 1 atom stereocenters. The number of hydrogen-bond acceptors (Lipinski definition) is 8. The minimum Gasteiger partial charge on any atom is -0.493 e. The first-order valence-corrected chi connectivity index (χ1v) is 13.2. The number of hydrogen-bond donors (Lipinski definition) is 3. The third-order valence-electron chi connectivity index (χ3n) is 6.39. The number of carbonyl (C=O) groups is 3. The first-order chi connectivity index (χ1) is 18.5. The van der Waals surface area contributed by atoms with Gasteiger partial charge in [0, 0.05) is 12.2 Å². The van der Waals surface area contributed by atoms with Crippen molar-refractivity contribution in [1.29, 1.82) is 0 Å². The molecular weight excluding hydrogens is 518 g/mol. The molecule has 2 aromatic carbocycles. The number of aromatic nitrogens is 1. The van der Waals surface area contributed by atoms with E-state index in [9.17, 15) is 14.4 Å². The maximum Gasteiger partial charge on any atom is 0.273 e. The molecule has 0 radical (unpaired) electrons. The number of carbonyl (C=O) groups excluding carboxylic acids is 3. The maximum absolute atomic E-state index is 14.2. The quantitative estimate of drug-likeness (QED) is 0.325. The van der Waals surface area contributed by atoms with Gasteiger partial charge in [-0.25, -0.2) is 0 Å². The van der Waals surface area contributed by atoms with E-state index >= 15 is 0 Å². The van der Waals surface area contributed by atoms with Crippen LogP contribution in [0.1, 0.15) is 63.2 Å². The molecule has 11 heteroatoms. The van der Waals surface area contributed by atoms with Gasteiger partial charge in [-0.3, -0.25) is 19.3 Å². The largest absolute Gasteiger partial charge is 0.493 e. The van der Waals surface area contributed by atoms with Gasteiger partial charge in [0.1, 0.15) is 10.9 Å². The third-order valence-corrected chi connectivity index (χ3v) is 7.24. The van der Waals surface area contributed by atoms with Crippen molar-refractivity contribution < 1.29 is 23.9 Å². The number of primary amides is 1. The summed E-state index contributed by atoms with van der Waals surface area (Å²) in [6.07, 6.45) is 0.756. The number of ether oxygens (including phenoxy) is 2. The summed E-state index contributed by atoms with van der Waals surface area (Å²) < 4.78 is 14.9. The van der Waals surface area contributed by atoms with E-state index in [1.807, 2.05) is 26.0 Å². The van der Waals surface area contributed by atoms with Gasteiger partial charge in [-0.1, -0.05) is 26.0 Å². The second-order valence-electron chi connectivity index (χ2n) is 9.57. The summed E-state index contributed by atoms with van der Waals surface area (Å²) in [6.45, 7) is 8.42. The Bertz CT molecular complexity index is 1370. The van der Waals surface area contributed by atoms with Gasteiger partial charge in [0.05, 0.1) is 19.9 Å². The van der Waals surface area contributed by atoms with Crippen molar-refractivity contribution >= 4 is 40.6 Å². The molecule has 0 saturated carbocycles. The van der Waals surface area contributed by atoms with Crippen LogP contribution in [0.3, 0.4) is 0 Å². The average molecular weight is 554 g/mol. The predicted molar refractivity (Wildman–Crippen MR) is 153 cm³/mol. The van der Waals surface area contributed by atoms with Crippen molar-refractivity contribution in [2.24, 2.45) is 11.7 Å². The molecule has 0 aliphatic carbocycles. The molecule has 0 fully saturated rings. The number of benzene rings is 2. The van der Waals surface area contributed by atoms with E-state index in [0.717, 1.165) is 29.1 Å². The van der Waals surface area contributed by atoms with Crippen LogP contribution >= 0.6 is 11.5 Å². The Kier molecular flexibility index (Phi) is 9.52. The Morgan fingerprint density at radius 2 is 1.72 bits per heavy atom. The molecule has 10 nitrogen and oxygen atoms in total. The SMILES string of the molecule is COc1ccc([C@@H](C(=O)NCCC(C)C)N(C(=O)c2snc(C(N)=O)c2N)c2ccc(C)c(C)c2)cc1OC. The van der Waals surface area contributed by atoms with Gasteiger partial charge in [0.25, 0.3) is 11.8 Å². The Morgan fingerprint density at radius 3 is 2.28 bits per heavy atom. The number of nitrogen functional groups attached to an aromatic ring is 1. The van der Waals surface area contributed by atoms with Crippen LogP contribution in [0.15, 0.2) is 36.4 Å². The highest BCUT2D eigenvalue weighted by atomic mass is 32.1. The van der Waals surface area contributed by atoms with Crippen molar-refractivity contribution in [2.45, 2.75) is 40.2 Å². The molecule has 3 aromatic rings. The van der Waals surface area contributed by atoms with Crippen molar-refractivity contribution in [2.75, 3.05) is 31.4 Å². The molecule has 3 rings (SSSR count). The van der Waals surface area contributed by atoms with Crippen molar-refractivity contribution in [3.63, 3.8) is 0 Å². The predicted octanol–water partition coefficient (Wildman–Crippen LogP) is 4.01. The van der Waals surface area contributed by atoms with E-state index < -0.39 is 23.8 Å². The second kappa shape index (κ2) is 12.6. The standard InChI is InChI=1S/C28H35N5O5S/c1-15(2)11-12-31-27(35)24(18-8-10-20(37-5)21(14-18)38-6)33(19-9-7-16(3)17(4)13-19)28(36)25-22(29)23(26(30)34)32-39-25/h7-10,13-15,24H,11-12,29H2,1-6H3,(H2,30,34)(H,31,35)/t24-/m0/s1.